The maximum Gasteiger partial charge on any atom is 0.0460 e. The van der Waals surface area contributed by atoms with Gasteiger partial charge >= 0.3 is 0 Å². The molecule has 0 saturated carbocycles. The number of pyridine rings is 1. The monoisotopic (exact) mass is 209 g/mol. The summed E-state index contributed by atoms with van der Waals surface area (Å²) >= 11 is 1.87. The minimum atomic E-state index is 0.147. The number of nitrogens with zero attached hydrogens (tertiary/aromatic N) is 1. The fraction of sp³-hybridized carbons (Fsp3) is 0.583. The zero-order valence-electron chi connectivity index (χ0n) is 9.66. The quantitative estimate of drug-likeness (QED) is 0.734. The maximum absolute atomic E-state index is 4.42. The second kappa shape index (κ2) is 4.35. The normalized spacial score (nSPS) is 14.1. The van der Waals surface area contributed by atoms with Gasteiger partial charge in [0.05, 0.1) is 0 Å². The largest absolute Gasteiger partial charge is 0.261 e. The summed E-state index contributed by atoms with van der Waals surface area (Å²) in [5, 5.41) is 0.555. The van der Waals surface area contributed by atoms with E-state index in [9.17, 15) is 0 Å². The average molecular weight is 209 g/mol. The zero-order valence-corrected chi connectivity index (χ0v) is 10.5. The molecule has 2 heteroatoms. The Labute approximate surface area is 91.3 Å². The molecule has 0 aliphatic rings. The fourth-order valence-electron chi connectivity index (χ4n) is 1.25. The lowest BCUT2D eigenvalue weighted by Crippen LogP contribution is -2.13. The molecule has 1 nitrogen and oxygen atoms in total. The molecule has 0 saturated heterocycles. The van der Waals surface area contributed by atoms with Gasteiger partial charge in [-0.2, -0.15) is 11.8 Å². The van der Waals surface area contributed by atoms with Gasteiger partial charge in [0.1, 0.15) is 0 Å². The van der Waals surface area contributed by atoms with Gasteiger partial charge in [-0.15, -0.1) is 0 Å². The lowest BCUT2D eigenvalue weighted by Gasteiger charge is -2.19. The third kappa shape index (κ3) is 2.74. The first kappa shape index (κ1) is 11.6. The summed E-state index contributed by atoms with van der Waals surface area (Å²) in [5.74, 6) is 0. The van der Waals surface area contributed by atoms with Crippen LogP contribution in [0.25, 0.3) is 0 Å². The van der Waals surface area contributed by atoms with Gasteiger partial charge in [0.25, 0.3) is 0 Å². The Bertz CT molecular complexity index is 301. The summed E-state index contributed by atoms with van der Waals surface area (Å²) in [5.41, 5.74) is 2.70. The van der Waals surface area contributed by atoms with Crippen molar-refractivity contribution in [1.29, 1.82) is 0 Å². The standard InChI is InChI=1S/C12H19NS/c1-9(14-5)10-6-7-13-11(8-10)12(2,3)4/h6-9H,1-5H3. The minimum absolute atomic E-state index is 0.147. The zero-order chi connectivity index (χ0) is 10.8. The lowest BCUT2D eigenvalue weighted by atomic mass is 9.90. The fourth-order valence-corrected chi connectivity index (χ4v) is 1.66. The molecule has 0 aromatic carbocycles. The van der Waals surface area contributed by atoms with Crippen molar-refractivity contribution in [2.75, 3.05) is 6.26 Å². The van der Waals surface area contributed by atoms with Gasteiger partial charge in [-0.05, 0) is 30.9 Å². The number of hydrogen-bond donors (Lipinski definition) is 0. The Morgan fingerprint density at radius 1 is 1.36 bits per heavy atom. The number of hydrogen-bond acceptors (Lipinski definition) is 2. The summed E-state index contributed by atoms with van der Waals surface area (Å²) in [6.45, 7) is 8.82. The molecular formula is C12H19NS. The first-order chi connectivity index (χ1) is 6.45. The van der Waals surface area contributed by atoms with Gasteiger partial charge in [0, 0.05) is 22.6 Å². The van der Waals surface area contributed by atoms with Gasteiger partial charge in [0.15, 0.2) is 0 Å². The van der Waals surface area contributed by atoms with E-state index in [0.717, 1.165) is 0 Å². The predicted octanol–water partition coefficient (Wildman–Crippen LogP) is 3.80. The van der Waals surface area contributed by atoms with Gasteiger partial charge < -0.3 is 0 Å². The molecule has 14 heavy (non-hydrogen) atoms. The van der Waals surface area contributed by atoms with Gasteiger partial charge in [-0.25, -0.2) is 0 Å². The molecular weight excluding hydrogens is 190 g/mol. The SMILES string of the molecule is CSC(C)c1ccnc(C(C)(C)C)c1. The highest BCUT2D eigenvalue weighted by Crippen LogP contribution is 2.28. The summed E-state index contributed by atoms with van der Waals surface area (Å²) < 4.78 is 0. The van der Waals surface area contributed by atoms with Crippen molar-refractivity contribution in [3.63, 3.8) is 0 Å². The molecule has 1 unspecified atom stereocenters. The average Bonchev–Trinajstić information content (AvgIpc) is 2.15. The van der Waals surface area contributed by atoms with Crippen LogP contribution >= 0.6 is 11.8 Å². The second-order valence-electron chi connectivity index (χ2n) is 4.60. The van der Waals surface area contributed by atoms with Crippen LogP contribution in [-0.2, 0) is 5.41 Å². The Hall–Kier alpha value is -0.500. The Morgan fingerprint density at radius 2 is 2.00 bits per heavy atom. The topological polar surface area (TPSA) is 12.9 Å². The van der Waals surface area contributed by atoms with Crippen molar-refractivity contribution < 1.29 is 0 Å². The van der Waals surface area contributed by atoms with Crippen molar-refractivity contribution in [1.82, 2.24) is 4.98 Å². The molecule has 1 aromatic rings. The van der Waals surface area contributed by atoms with Crippen LogP contribution < -0.4 is 0 Å². The third-order valence-corrected chi connectivity index (χ3v) is 3.35. The van der Waals surface area contributed by atoms with E-state index in [-0.39, 0.29) is 5.41 Å². The van der Waals surface area contributed by atoms with Crippen molar-refractivity contribution >= 4 is 11.8 Å². The van der Waals surface area contributed by atoms with E-state index >= 15 is 0 Å². The van der Waals surface area contributed by atoms with Gasteiger partial charge in [-0.3, -0.25) is 4.98 Å². The van der Waals surface area contributed by atoms with Gasteiger partial charge in [-0.1, -0.05) is 20.8 Å². The summed E-state index contributed by atoms with van der Waals surface area (Å²) in [4.78, 5) is 4.42. The van der Waals surface area contributed by atoms with Crippen LogP contribution in [-0.4, -0.2) is 11.2 Å². The molecule has 0 fully saturated rings. The molecule has 0 N–H and O–H groups in total. The molecule has 1 atom stereocenters. The lowest BCUT2D eigenvalue weighted by molar-refractivity contribution is 0.568. The molecule has 0 aliphatic carbocycles. The smallest absolute Gasteiger partial charge is 0.0460 e. The van der Waals surface area contributed by atoms with E-state index in [1.54, 1.807) is 0 Å². The highest BCUT2D eigenvalue weighted by Gasteiger charge is 2.16. The highest BCUT2D eigenvalue weighted by atomic mass is 32.2. The van der Waals surface area contributed by atoms with E-state index in [4.69, 9.17) is 0 Å². The molecule has 0 spiro atoms. The molecule has 0 aliphatic heterocycles. The second-order valence-corrected chi connectivity index (χ2v) is 5.78. The molecule has 1 rings (SSSR count). The molecule has 1 aromatic heterocycles. The number of thioether (sulfide) groups is 1. The van der Waals surface area contributed by atoms with E-state index in [2.05, 4.69) is 51.1 Å². The van der Waals surface area contributed by atoms with Crippen LogP contribution in [0.15, 0.2) is 18.3 Å². The van der Waals surface area contributed by atoms with E-state index in [1.165, 1.54) is 11.3 Å². The van der Waals surface area contributed by atoms with Crippen molar-refractivity contribution in [2.24, 2.45) is 0 Å². The maximum atomic E-state index is 4.42. The van der Waals surface area contributed by atoms with Crippen molar-refractivity contribution in [3.8, 4) is 0 Å². The van der Waals surface area contributed by atoms with Crippen LogP contribution in [0.2, 0.25) is 0 Å². The summed E-state index contributed by atoms with van der Waals surface area (Å²) in [6.07, 6.45) is 4.06. The van der Waals surface area contributed by atoms with Crippen molar-refractivity contribution in [3.05, 3.63) is 29.6 Å². The number of aromatic nitrogens is 1. The Kier molecular flexibility index (Phi) is 3.59. The first-order valence-corrected chi connectivity index (χ1v) is 6.23. The molecule has 0 bridgehead atoms. The Morgan fingerprint density at radius 3 is 2.50 bits per heavy atom. The van der Waals surface area contributed by atoms with E-state index in [0.29, 0.717) is 5.25 Å². The number of rotatable bonds is 2. The molecule has 78 valence electrons. The first-order valence-electron chi connectivity index (χ1n) is 4.94. The summed E-state index contributed by atoms with van der Waals surface area (Å²) in [7, 11) is 0. The van der Waals surface area contributed by atoms with Crippen LogP contribution in [0.4, 0.5) is 0 Å². The molecule has 0 radical (unpaired) electrons. The molecule has 0 amide bonds. The van der Waals surface area contributed by atoms with Crippen LogP contribution in [0.5, 0.6) is 0 Å². The van der Waals surface area contributed by atoms with Crippen LogP contribution in [0.3, 0.4) is 0 Å². The van der Waals surface area contributed by atoms with Crippen LogP contribution in [0, 0.1) is 0 Å². The summed E-state index contributed by atoms with van der Waals surface area (Å²) in [6, 6.07) is 4.33. The molecule has 1 heterocycles. The minimum Gasteiger partial charge on any atom is -0.261 e. The van der Waals surface area contributed by atoms with Crippen LogP contribution in [0.1, 0.15) is 44.2 Å². The Balaban J connectivity index is 3.01. The third-order valence-electron chi connectivity index (χ3n) is 2.38. The predicted molar refractivity (Wildman–Crippen MR) is 64.9 cm³/mol. The van der Waals surface area contributed by atoms with Crippen molar-refractivity contribution in [2.45, 2.75) is 38.4 Å². The van der Waals surface area contributed by atoms with Gasteiger partial charge in [0.2, 0.25) is 0 Å². The highest BCUT2D eigenvalue weighted by molar-refractivity contribution is 7.98. The van der Waals surface area contributed by atoms with E-state index in [1.807, 2.05) is 18.0 Å². The van der Waals surface area contributed by atoms with E-state index < -0.39 is 0 Å².